The van der Waals surface area contributed by atoms with Gasteiger partial charge in [-0.2, -0.15) is 8.78 Å². The zero-order valence-corrected chi connectivity index (χ0v) is 9.70. The van der Waals surface area contributed by atoms with Crippen LogP contribution < -0.4 is 9.47 Å². The summed E-state index contributed by atoms with van der Waals surface area (Å²) in [6.45, 7) is 0.522. The van der Waals surface area contributed by atoms with Gasteiger partial charge in [0.05, 0.1) is 6.61 Å². The van der Waals surface area contributed by atoms with E-state index in [0.717, 1.165) is 0 Å². The minimum absolute atomic E-state index is 0.0446. The molecule has 0 aliphatic carbocycles. The number of para-hydroxylation sites is 1. The summed E-state index contributed by atoms with van der Waals surface area (Å²) in [7, 11) is 0. The molecule has 17 heavy (non-hydrogen) atoms. The minimum atomic E-state index is -2.94. The number of benzene rings is 1. The third-order valence-corrected chi connectivity index (χ3v) is 2.01. The van der Waals surface area contributed by atoms with Gasteiger partial charge in [0.2, 0.25) is 0 Å². The molecule has 0 aliphatic rings. The number of hydrogen-bond donors (Lipinski definition) is 0. The van der Waals surface area contributed by atoms with Crippen LogP contribution in [0.5, 0.6) is 11.5 Å². The average molecular weight is 244 g/mol. The van der Waals surface area contributed by atoms with Gasteiger partial charge in [0.25, 0.3) is 0 Å². The molecule has 5 heteroatoms. The molecule has 0 heterocycles. The average Bonchev–Trinajstić information content (AvgIpc) is 2.21. The molecule has 0 amide bonds. The maximum absolute atomic E-state index is 12.3. The van der Waals surface area contributed by atoms with E-state index in [1.165, 1.54) is 13.0 Å². The van der Waals surface area contributed by atoms with Crippen molar-refractivity contribution in [2.75, 3.05) is 6.61 Å². The van der Waals surface area contributed by atoms with Gasteiger partial charge in [-0.3, -0.25) is 4.79 Å². The molecule has 0 N–H and O–H groups in total. The van der Waals surface area contributed by atoms with E-state index in [2.05, 4.69) is 4.74 Å². The van der Waals surface area contributed by atoms with Crippen molar-refractivity contribution in [3.05, 3.63) is 23.8 Å². The first kappa shape index (κ1) is 13.4. The third kappa shape index (κ3) is 4.01. The Hall–Kier alpha value is -1.65. The third-order valence-electron chi connectivity index (χ3n) is 2.01. The molecule has 0 spiro atoms. The van der Waals surface area contributed by atoms with E-state index in [1.54, 1.807) is 19.1 Å². The van der Waals surface area contributed by atoms with Crippen LogP contribution in [0.1, 0.15) is 19.4 Å². The van der Waals surface area contributed by atoms with E-state index in [1.807, 2.05) is 0 Å². The van der Waals surface area contributed by atoms with Crippen LogP contribution in [0.4, 0.5) is 8.78 Å². The molecule has 1 rings (SSSR count). The molecule has 1 aromatic rings. The quantitative estimate of drug-likeness (QED) is 0.771. The van der Waals surface area contributed by atoms with E-state index >= 15 is 0 Å². The van der Waals surface area contributed by atoms with Crippen molar-refractivity contribution in [3.8, 4) is 11.5 Å². The van der Waals surface area contributed by atoms with Gasteiger partial charge in [-0.25, -0.2) is 0 Å². The predicted octanol–water partition coefficient (Wildman–Crippen LogP) is 2.82. The fourth-order valence-electron chi connectivity index (χ4n) is 1.46. The molecule has 0 aromatic heterocycles. The Morgan fingerprint density at radius 2 is 2.12 bits per heavy atom. The van der Waals surface area contributed by atoms with Crippen LogP contribution in [-0.2, 0) is 11.2 Å². The standard InChI is InChI=1S/C12H14F2O3/c1-3-16-10-6-4-5-9(7-8(2)15)11(10)17-12(13)14/h4-6,12H,3,7H2,1-2H3. The number of alkyl halides is 2. The molecule has 3 nitrogen and oxygen atoms in total. The second-order valence-electron chi connectivity index (χ2n) is 3.43. The van der Waals surface area contributed by atoms with Crippen LogP contribution in [0.25, 0.3) is 0 Å². The molecule has 0 aliphatic heterocycles. The molecular weight excluding hydrogens is 230 g/mol. The Bertz CT molecular complexity index is 391. The van der Waals surface area contributed by atoms with Gasteiger partial charge in [-0.1, -0.05) is 12.1 Å². The highest BCUT2D eigenvalue weighted by Gasteiger charge is 2.16. The van der Waals surface area contributed by atoms with Crippen LogP contribution in [-0.4, -0.2) is 19.0 Å². The van der Waals surface area contributed by atoms with Crippen molar-refractivity contribution in [1.29, 1.82) is 0 Å². The zero-order valence-electron chi connectivity index (χ0n) is 9.70. The van der Waals surface area contributed by atoms with Gasteiger partial charge in [0.1, 0.15) is 5.78 Å². The lowest BCUT2D eigenvalue weighted by Crippen LogP contribution is -2.08. The van der Waals surface area contributed by atoms with E-state index in [0.29, 0.717) is 12.2 Å². The number of rotatable bonds is 6. The summed E-state index contributed by atoms with van der Waals surface area (Å²) in [5.41, 5.74) is 0.406. The van der Waals surface area contributed by atoms with Crippen molar-refractivity contribution in [1.82, 2.24) is 0 Å². The molecule has 0 radical (unpaired) electrons. The Morgan fingerprint density at radius 1 is 1.41 bits per heavy atom. The molecular formula is C12H14F2O3. The molecule has 0 unspecified atom stereocenters. The van der Waals surface area contributed by atoms with Crippen molar-refractivity contribution < 1.29 is 23.0 Å². The highest BCUT2D eigenvalue weighted by Crippen LogP contribution is 2.33. The van der Waals surface area contributed by atoms with Crippen LogP contribution in [0.3, 0.4) is 0 Å². The topological polar surface area (TPSA) is 35.5 Å². The first-order chi connectivity index (χ1) is 8.04. The Kier molecular flexibility index (Phi) is 4.87. The Labute approximate surface area is 98.3 Å². The maximum atomic E-state index is 12.3. The second kappa shape index (κ2) is 6.18. The second-order valence-corrected chi connectivity index (χ2v) is 3.43. The smallest absolute Gasteiger partial charge is 0.387 e. The van der Waals surface area contributed by atoms with Gasteiger partial charge in [0, 0.05) is 12.0 Å². The lowest BCUT2D eigenvalue weighted by atomic mass is 10.1. The van der Waals surface area contributed by atoms with Gasteiger partial charge >= 0.3 is 6.61 Å². The molecule has 0 atom stereocenters. The van der Waals surface area contributed by atoms with Crippen molar-refractivity contribution in [3.63, 3.8) is 0 Å². The summed E-state index contributed by atoms with van der Waals surface area (Å²) in [6.07, 6.45) is 0.0446. The lowest BCUT2D eigenvalue weighted by Gasteiger charge is -2.14. The van der Waals surface area contributed by atoms with E-state index in [9.17, 15) is 13.6 Å². The molecule has 0 saturated heterocycles. The number of carbonyl (C=O) groups is 1. The summed E-state index contributed by atoms with van der Waals surface area (Å²) in [5.74, 6) is 0.0452. The highest BCUT2D eigenvalue weighted by molar-refractivity contribution is 5.79. The highest BCUT2D eigenvalue weighted by atomic mass is 19.3. The van der Waals surface area contributed by atoms with Gasteiger partial charge in [0.15, 0.2) is 11.5 Å². The summed E-state index contributed by atoms with van der Waals surface area (Å²) < 4.78 is 34.2. The van der Waals surface area contributed by atoms with E-state index in [4.69, 9.17) is 4.74 Å². The van der Waals surface area contributed by atoms with E-state index in [-0.39, 0.29) is 23.7 Å². The van der Waals surface area contributed by atoms with Crippen LogP contribution in [0, 0.1) is 0 Å². The Morgan fingerprint density at radius 3 is 2.65 bits per heavy atom. The number of Topliss-reactive ketones (excluding diaryl/α,β-unsaturated/α-hetero) is 1. The Balaban J connectivity index is 3.08. The molecule has 94 valence electrons. The molecule has 0 fully saturated rings. The summed E-state index contributed by atoms with van der Waals surface area (Å²) in [6, 6.07) is 4.74. The normalized spacial score (nSPS) is 10.4. The van der Waals surface area contributed by atoms with Crippen molar-refractivity contribution >= 4 is 5.78 Å². The number of halogens is 2. The van der Waals surface area contributed by atoms with Crippen LogP contribution >= 0.6 is 0 Å². The SMILES string of the molecule is CCOc1cccc(CC(C)=O)c1OC(F)F. The number of ether oxygens (including phenoxy) is 2. The minimum Gasteiger partial charge on any atom is -0.490 e. The maximum Gasteiger partial charge on any atom is 0.387 e. The number of carbonyl (C=O) groups excluding carboxylic acids is 1. The fraction of sp³-hybridized carbons (Fsp3) is 0.417. The molecule has 0 saturated carbocycles. The van der Waals surface area contributed by atoms with E-state index < -0.39 is 6.61 Å². The zero-order chi connectivity index (χ0) is 12.8. The van der Waals surface area contributed by atoms with Gasteiger partial charge < -0.3 is 9.47 Å². The lowest BCUT2D eigenvalue weighted by molar-refractivity contribution is -0.116. The van der Waals surface area contributed by atoms with Gasteiger partial charge in [-0.15, -0.1) is 0 Å². The summed E-state index contributed by atoms with van der Waals surface area (Å²) in [5, 5.41) is 0. The predicted molar refractivity (Wildman–Crippen MR) is 58.6 cm³/mol. The number of hydrogen-bond acceptors (Lipinski definition) is 3. The van der Waals surface area contributed by atoms with Crippen molar-refractivity contribution in [2.24, 2.45) is 0 Å². The van der Waals surface area contributed by atoms with Crippen molar-refractivity contribution in [2.45, 2.75) is 26.9 Å². The van der Waals surface area contributed by atoms with Crippen LogP contribution in [0.2, 0.25) is 0 Å². The molecule has 0 bridgehead atoms. The van der Waals surface area contributed by atoms with Gasteiger partial charge in [-0.05, 0) is 19.9 Å². The summed E-state index contributed by atoms with van der Waals surface area (Å²) >= 11 is 0. The summed E-state index contributed by atoms with van der Waals surface area (Å²) in [4.78, 5) is 11.0. The first-order valence-corrected chi connectivity index (χ1v) is 5.23. The molecule has 1 aromatic carbocycles. The fourth-order valence-corrected chi connectivity index (χ4v) is 1.46. The monoisotopic (exact) mass is 244 g/mol. The largest absolute Gasteiger partial charge is 0.490 e. The van der Waals surface area contributed by atoms with Crippen LogP contribution in [0.15, 0.2) is 18.2 Å². The first-order valence-electron chi connectivity index (χ1n) is 5.23. The number of ketones is 1.